The lowest BCUT2D eigenvalue weighted by molar-refractivity contribution is 0.0264. The molecule has 2 aliphatic heterocycles. The third-order valence-electron chi connectivity index (χ3n) is 3.67. The zero-order chi connectivity index (χ0) is 14.7. The molecule has 1 fully saturated rings. The maximum atomic E-state index is 12.2. The van der Waals surface area contributed by atoms with Gasteiger partial charge in [0.1, 0.15) is 5.60 Å². The van der Waals surface area contributed by atoms with Crippen LogP contribution in [-0.4, -0.2) is 49.6 Å². The lowest BCUT2D eigenvalue weighted by Crippen LogP contribution is -2.43. The average Bonchev–Trinajstić information content (AvgIpc) is 2.79. The number of fused-ring (bicyclic) bond motifs is 1. The number of nitrogens with one attached hydrogen (secondary N) is 1. The van der Waals surface area contributed by atoms with Crippen LogP contribution in [0.4, 0.5) is 0 Å². The topological polar surface area (TPSA) is 77.0 Å². The predicted molar refractivity (Wildman–Crippen MR) is 74.8 cm³/mol. The van der Waals surface area contributed by atoms with Gasteiger partial charge in [0, 0.05) is 31.6 Å². The number of aliphatic hydroxyl groups is 1. The van der Waals surface area contributed by atoms with Crippen LogP contribution in [0.1, 0.15) is 23.2 Å². The maximum absolute atomic E-state index is 12.2. The van der Waals surface area contributed by atoms with Gasteiger partial charge in [0.2, 0.25) is 0 Å². The fourth-order valence-electron chi connectivity index (χ4n) is 2.39. The van der Waals surface area contributed by atoms with Crippen LogP contribution >= 0.6 is 0 Å². The number of carbonyl (C=O) groups excluding carboxylic acids is 1. The number of ether oxygens (including phenoxy) is 3. The molecule has 1 saturated heterocycles. The second-order valence-electron chi connectivity index (χ2n) is 5.42. The van der Waals surface area contributed by atoms with Gasteiger partial charge in [-0.25, -0.2) is 0 Å². The van der Waals surface area contributed by atoms with Crippen molar-refractivity contribution < 1.29 is 24.1 Å². The first-order valence-electron chi connectivity index (χ1n) is 7.14. The summed E-state index contributed by atoms with van der Waals surface area (Å²) in [5.41, 5.74) is -0.470. The molecule has 0 spiro atoms. The van der Waals surface area contributed by atoms with Crippen molar-refractivity contribution >= 4 is 5.91 Å². The Morgan fingerprint density at radius 3 is 2.81 bits per heavy atom. The molecule has 0 aliphatic carbocycles. The molecule has 2 aliphatic rings. The largest absolute Gasteiger partial charge is 0.490 e. The Kier molecular flexibility index (Phi) is 3.98. The van der Waals surface area contributed by atoms with Crippen molar-refractivity contribution in [1.82, 2.24) is 5.32 Å². The number of hydrogen-bond acceptors (Lipinski definition) is 5. The number of carbonyl (C=O) groups is 1. The van der Waals surface area contributed by atoms with Crippen molar-refractivity contribution in [3.8, 4) is 11.5 Å². The monoisotopic (exact) mass is 293 g/mol. The van der Waals surface area contributed by atoms with E-state index in [0.29, 0.717) is 43.3 Å². The van der Waals surface area contributed by atoms with E-state index in [2.05, 4.69) is 5.32 Å². The summed E-state index contributed by atoms with van der Waals surface area (Å²) >= 11 is 0. The van der Waals surface area contributed by atoms with E-state index in [0.717, 1.165) is 6.42 Å². The summed E-state index contributed by atoms with van der Waals surface area (Å²) in [6, 6.07) is 5.10. The molecule has 1 aromatic rings. The van der Waals surface area contributed by atoms with Gasteiger partial charge in [-0.2, -0.15) is 0 Å². The second kappa shape index (κ2) is 5.91. The highest BCUT2D eigenvalue weighted by Gasteiger charge is 2.32. The lowest BCUT2D eigenvalue weighted by Gasteiger charge is -2.20. The van der Waals surface area contributed by atoms with Crippen LogP contribution in [0.3, 0.4) is 0 Å². The van der Waals surface area contributed by atoms with Gasteiger partial charge in [0.15, 0.2) is 11.5 Å². The number of hydrogen-bond donors (Lipinski definition) is 2. The highest BCUT2D eigenvalue weighted by atomic mass is 16.5. The zero-order valence-corrected chi connectivity index (χ0v) is 11.8. The van der Waals surface area contributed by atoms with Crippen LogP contribution in [0.15, 0.2) is 18.2 Å². The van der Waals surface area contributed by atoms with Crippen LogP contribution in [0, 0.1) is 0 Å². The van der Waals surface area contributed by atoms with Gasteiger partial charge in [0.05, 0.1) is 19.8 Å². The lowest BCUT2D eigenvalue weighted by atomic mass is 10.0. The molecule has 1 atom stereocenters. The molecule has 0 bridgehead atoms. The smallest absolute Gasteiger partial charge is 0.251 e. The van der Waals surface area contributed by atoms with Crippen molar-refractivity contribution in [1.29, 1.82) is 0 Å². The van der Waals surface area contributed by atoms with Gasteiger partial charge >= 0.3 is 0 Å². The van der Waals surface area contributed by atoms with E-state index in [4.69, 9.17) is 14.2 Å². The Balaban J connectivity index is 1.66. The molecular formula is C15H19NO5. The van der Waals surface area contributed by atoms with Crippen molar-refractivity contribution in [3.63, 3.8) is 0 Å². The first kappa shape index (κ1) is 14.2. The summed E-state index contributed by atoms with van der Waals surface area (Å²) in [7, 11) is 0. The summed E-state index contributed by atoms with van der Waals surface area (Å²) in [5, 5.41) is 12.9. The van der Waals surface area contributed by atoms with Crippen LogP contribution in [0.5, 0.6) is 11.5 Å². The maximum Gasteiger partial charge on any atom is 0.251 e. The van der Waals surface area contributed by atoms with Crippen LogP contribution in [0.2, 0.25) is 0 Å². The highest BCUT2D eigenvalue weighted by Crippen LogP contribution is 2.30. The van der Waals surface area contributed by atoms with Crippen molar-refractivity contribution in [2.45, 2.75) is 18.4 Å². The number of rotatable bonds is 3. The summed E-state index contributed by atoms with van der Waals surface area (Å²) in [6.07, 6.45) is 1.36. The predicted octanol–water partition coefficient (Wildman–Crippen LogP) is 0.729. The normalized spacial score (nSPS) is 24.4. The molecule has 0 saturated carbocycles. The van der Waals surface area contributed by atoms with Crippen molar-refractivity contribution in [3.05, 3.63) is 23.8 Å². The summed E-state index contributed by atoms with van der Waals surface area (Å²) in [6.45, 7) is 2.16. The first-order valence-corrected chi connectivity index (χ1v) is 7.14. The summed E-state index contributed by atoms with van der Waals surface area (Å²) in [4.78, 5) is 12.2. The molecule has 1 unspecified atom stereocenters. The molecule has 1 amide bonds. The number of benzene rings is 1. The Labute approximate surface area is 123 Å². The first-order chi connectivity index (χ1) is 10.2. The molecule has 0 aromatic heterocycles. The van der Waals surface area contributed by atoms with E-state index >= 15 is 0 Å². The van der Waals surface area contributed by atoms with E-state index in [-0.39, 0.29) is 19.1 Å². The molecular weight excluding hydrogens is 274 g/mol. The quantitative estimate of drug-likeness (QED) is 0.859. The van der Waals surface area contributed by atoms with Crippen LogP contribution in [0.25, 0.3) is 0 Å². The molecule has 2 heterocycles. The fraction of sp³-hybridized carbons (Fsp3) is 0.533. The van der Waals surface area contributed by atoms with E-state index in [1.54, 1.807) is 18.2 Å². The minimum Gasteiger partial charge on any atom is -0.490 e. The molecule has 114 valence electrons. The summed E-state index contributed by atoms with van der Waals surface area (Å²) < 4.78 is 16.2. The van der Waals surface area contributed by atoms with Crippen molar-refractivity contribution in [2.75, 3.05) is 33.0 Å². The molecule has 6 nitrogen and oxygen atoms in total. The van der Waals surface area contributed by atoms with Gasteiger partial charge in [-0.1, -0.05) is 0 Å². The molecule has 6 heteroatoms. The summed E-state index contributed by atoms with van der Waals surface area (Å²) in [5.74, 6) is 1.00. The van der Waals surface area contributed by atoms with E-state index in [1.807, 2.05) is 0 Å². The van der Waals surface area contributed by atoms with Crippen LogP contribution < -0.4 is 14.8 Å². The van der Waals surface area contributed by atoms with E-state index < -0.39 is 5.60 Å². The van der Waals surface area contributed by atoms with Crippen molar-refractivity contribution in [2.24, 2.45) is 0 Å². The highest BCUT2D eigenvalue weighted by molar-refractivity contribution is 5.94. The third kappa shape index (κ3) is 3.28. The molecule has 1 aromatic carbocycles. The zero-order valence-electron chi connectivity index (χ0n) is 11.8. The Morgan fingerprint density at radius 2 is 2.05 bits per heavy atom. The molecule has 3 rings (SSSR count). The third-order valence-corrected chi connectivity index (χ3v) is 3.67. The van der Waals surface area contributed by atoms with Gasteiger partial charge < -0.3 is 24.6 Å². The van der Waals surface area contributed by atoms with Gasteiger partial charge in [-0.15, -0.1) is 0 Å². The average molecular weight is 293 g/mol. The Hall–Kier alpha value is -1.79. The molecule has 0 radical (unpaired) electrons. The molecule has 21 heavy (non-hydrogen) atoms. The Bertz CT molecular complexity index is 525. The van der Waals surface area contributed by atoms with E-state index in [1.165, 1.54) is 0 Å². The van der Waals surface area contributed by atoms with Crippen LogP contribution in [-0.2, 0) is 4.74 Å². The standard InChI is InChI=1S/C15H19NO5/c17-14(16-9-15(18)4-7-19-10-15)11-2-3-12-13(8-11)21-6-1-5-20-12/h2-3,8,18H,1,4-7,9-10H2,(H,16,17). The SMILES string of the molecule is O=C(NCC1(O)CCOC1)c1ccc2c(c1)OCCCO2. The van der Waals surface area contributed by atoms with Gasteiger partial charge in [0.25, 0.3) is 5.91 Å². The van der Waals surface area contributed by atoms with Gasteiger partial charge in [-0.05, 0) is 18.2 Å². The molecule has 2 N–H and O–H groups in total. The fourth-order valence-corrected chi connectivity index (χ4v) is 2.39. The Morgan fingerprint density at radius 1 is 1.24 bits per heavy atom. The minimum absolute atomic E-state index is 0.181. The van der Waals surface area contributed by atoms with E-state index in [9.17, 15) is 9.90 Å². The number of amides is 1. The van der Waals surface area contributed by atoms with Gasteiger partial charge in [-0.3, -0.25) is 4.79 Å². The minimum atomic E-state index is -0.957. The second-order valence-corrected chi connectivity index (χ2v) is 5.42.